The Morgan fingerprint density at radius 3 is 2.57 bits per heavy atom. The van der Waals surface area contributed by atoms with Crippen LogP contribution in [-0.4, -0.2) is 67.2 Å². The Kier molecular flexibility index (Phi) is 6.75. The van der Waals surface area contributed by atoms with Gasteiger partial charge in [0.1, 0.15) is 28.0 Å². The molecule has 2 aromatic heterocycles. The second kappa shape index (κ2) is 10.6. The lowest BCUT2D eigenvalue weighted by atomic mass is 9.89. The Labute approximate surface area is 245 Å². The Hall–Kier alpha value is -4.14. The minimum Gasteiger partial charge on any atom is -0.381 e. The number of carbonyl (C=O) groups is 1. The lowest BCUT2D eigenvalue weighted by molar-refractivity contribution is -0.135. The molecule has 42 heavy (non-hydrogen) atoms. The standard InChI is InChI=1S/C31H28F2N6O2S/c1-37(31-36-27(26(16-34)42-31)18-2-4-20(32)5-3-18)29-22-6-7-25(22)35-28-23(29)14-21(15-24(28)33)38-9-11-39(12-10-38)30(40)19-8-13-41-17-19/h2-5,14-15,19H,6-13,17H2,1H3/t19-/m1/s1. The van der Waals surface area contributed by atoms with Crippen molar-refractivity contribution in [1.82, 2.24) is 14.9 Å². The average Bonchev–Trinajstić information content (AvgIpc) is 3.69. The number of piperazine rings is 1. The third kappa shape index (κ3) is 4.55. The molecule has 0 saturated carbocycles. The number of aryl methyl sites for hydroxylation is 1. The molecule has 2 fully saturated rings. The predicted octanol–water partition coefficient (Wildman–Crippen LogP) is 5.06. The van der Waals surface area contributed by atoms with Crippen molar-refractivity contribution in [1.29, 1.82) is 5.26 Å². The SMILES string of the molecule is CN(c1nc(-c2ccc(F)cc2)c(C#N)s1)c1c2c(nc3c(F)cc(N4CCN(C(=O)[C@@H]5CCOC5)CC4)cc13)CC2. The van der Waals surface area contributed by atoms with Crippen LogP contribution in [0, 0.1) is 28.9 Å². The molecule has 1 aliphatic carbocycles. The summed E-state index contributed by atoms with van der Waals surface area (Å²) < 4.78 is 34.6. The van der Waals surface area contributed by atoms with Crippen molar-refractivity contribution in [3.8, 4) is 17.3 Å². The van der Waals surface area contributed by atoms with Crippen molar-refractivity contribution >= 4 is 44.7 Å². The number of benzene rings is 2. The van der Waals surface area contributed by atoms with Gasteiger partial charge in [0.25, 0.3) is 0 Å². The first-order chi connectivity index (χ1) is 20.4. The number of nitriles is 1. The smallest absolute Gasteiger partial charge is 0.228 e. The van der Waals surface area contributed by atoms with Crippen molar-refractivity contribution in [2.45, 2.75) is 19.3 Å². The van der Waals surface area contributed by atoms with Crippen LogP contribution in [0.25, 0.3) is 22.2 Å². The van der Waals surface area contributed by atoms with Crippen molar-refractivity contribution in [3.05, 3.63) is 64.2 Å². The van der Waals surface area contributed by atoms with E-state index in [0.29, 0.717) is 71.6 Å². The van der Waals surface area contributed by atoms with E-state index in [9.17, 15) is 14.4 Å². The number of aromatic nitrogens is 2. The summed E-state index contributed by atoms with van der Waals surface area (Å²) >= 11 is 1.25. The summed E-state index contributed by atoms with van der Waals surface area (Å²) in [4.78, 5) is 28.7. The number of nitrogens with zero attached hydrogens (tertiary/aromatic N) is 6. The highest BCUT2D eigenvalue weighted by Gasteiger charge is 2.32. The van der Waals surface area contributed by atoms with Gasteiger partial charge in [-0.3, -0.25) is 4.79 Å². The van der Waals surface area contributed by atoms with Gasteiger partial charge in [-0.2, -0.15) is 5.26 Å². The third-order valence-electron chi connectivity index (χ3n) is 8.49. The molecule has 1 amide bonds. The summed E-state index contributed by atoms with van der Waals surface area (Å²) in [5.74, 6) is -0.670. The van der Waals surface area contributed by atoms with Crippen molar-refractivity contribution < 1.29 is 18.3 Å². The van der Waals surface area contributed by atoms with Crippen LogP contribution in [0.15, 0.2) is 36.4 Å². The van der Waals surface area contributed by atoms with Crippen LogP contribution in [-0.2, 0) is 22.4 Å². The average molecular weight is 587 g/mol. The molecule has 4 heterocycles. The third-order valence-corrected chi connectivity index (χ3v) is 9.53. The van der Waals surface area contributed by atoms with E-state index in [-0.39, 0.29) is 17.6 Å². The van der Waals surface area contributed by atoms with E-state index in [4.69, 9.17) is 9.72 Å². The van der Waals surface area contributed by atoms with Crippen LogP contribution in [0.2, 0.25) is 0 Å². The largest absolute Gasteiger partial charge is 0.381 e. The maximum absolute atomic E-state index is 15.7. The predicted molar refractivity (Wildman–Crippen MR) is 157 cm³/mol. The first-order valence-corrected chi connectivity index (χ1v) is 14.9. The van der Waals surface area contributed by atoms with Gasteiger partial charge in [0.05, 0.1) is 18.2 Å². The summed E-state index contributed by atoms with van der Waals surface area (Å²) in [6, 6.07) is 11.7. The second-order valence-corrected chi connectivity index (χ2v) is 11.9. The van der Waals surface area contributed by atoms with E-state index in [1.54, 1.807) is 12.1 Å². The molecular formula is C31H28F2N6O2S. The molecule has 3 aliphatic rings. The molecule has 214 valence electrons. The highest BCUT2D eigenvalue weighted by Crippen LogP contribution is 2.44. The van der Waals surface area contributed by atoms with Gasteiger partial charge in [-0.25, -0.2) is 18.7 Å². The van der Waals surface area contributed by atoms with E-state index in [2.05, 4.69) is 16.0 Å². The number of pyridine rings is 1. The highest BCUT2D eigenvalue weighted by atomic mass is 32.1. The maximum atomic E-state index is 15.7. The zero-order chi connectivity index (χ0) is 29.0. The number of rotatable bonds is 5. The number of thiazole rings is 1. The quantitative estimate of drug-likeness (QED) is 0.323. The van der Waals surface area contributed by atoms with E-state index in [1.807, 2.05) is 22.9 Å². The fraction of sp³-hybridized carbons (Fsp3) is 0.355. The molecule has 1 atom stereocenters. The first kappa shape index (κ1) is 26.7. The normalized spacial score (nSPS) is 18.1. The van der Waals surface area contributed by atoms with Crippen LogP contribution in [0.4, 0.5) is 25.3 Å². The lowest BCUT2D eigenvalue weighted by Gasteiger charge is -2.37. The molecule has 4 aromatic rings. The molecule has 8 nitrogen and oxygen atoms in total. The van der Waals surface area contributed by atoms with Crippen LogP contribution in [0.5, 0.6) is 0 Å². The summed E-state index contributed by atoms with van der Waals surface area (Å²) in [5, 5.41) is 11.1. The fourth-order valence-electron chi connectivity index (χ4n) is 6.08. The topological polar surface area (TPSA) is 85.6 Å². The highest BCUT2D eigenvalue weighted by molar-refractivity contribution is 7.16. The van der Waals surface area contributed by atoms with Crippen molar-refractivity contribution in [2.75, 3.05) is 56.2 Å². The molecule has 0 N–H and O–H groups in total. The fourth-order valence-corrected chi connectivity index (χ4v) is 6.94. The van der Waals surface area contributed by atoms with Crippen LogP contribution in [0.1, 0.15) is 22.6 Å². The number of ether oxygens (including phenoxy) is 1. The summed E-state index contributed by atoms with van der Waals surface area (Å²) in [6.07, 6.45) is 2.36. The summed E-state index contributed by atoms with van der Waals surface area (Å²) in [6.45, 7) is 3.48. The Morgan fingerprint density at radius 1 is 1.12 bits per heavy atom. The van der Waals surface area contributed by atoms with Crippen LogP contribution < -0.4 is 9.80 Å². The minimum absolute atomic E-state index is 0.0621. The number of hydrogen-bond acceptors (Lipinski definition) is 8. The zero-order valence-electron chi connectivity index (χ0n) is 23.1. The van der Waals surface area contributed by atoms with Crippen molar-refractivity contribution in [3.63, 3.8) is 0 Å². The van der Waals surface area contributed by atoms with Gasteiger partial charge >= 0.3 is 0 Å². The molecule has 0 bridgehead atoms. The summed E-state index contributed by atoms with van der Waals surface area (Å²) in [5.41, 5.74) is 4.96. The molecule has 0 unspecified atom stereocenters. The first-order valence-electron chi connectivity index (χ1n) is 14.1. The van der Waals surface area contributed by atoms with E-state index in [0.717, 1.165) is 41.9 Å². The van der Waals surface area contributed by atoms with E-state index in [1.165, 1.54) is 29.5 Å². The summed E-state index contributed by atoms with van der Waals surface area (Å²) in [7, 11) is 1.88. The lowest BCUT2D eigenvalue weighted by Crippen LogP contribution is -2.50. The maximum Gasteiger partial charge on any atom is 0.228 e. The molecule has 7 rings (SSSR count). The van der Waals surface area contributed by atoms with Gasteiger partial charge in [0.15, 0.2) is 10.9 Å². The number of hydrogen-bond donors (Lipinski definition) is 0. The van der Waals surface area contributed by atoms with Gasteiger partial charge in [0.2, 0.25) is 5.91 Å². The molecule has 0 radical (unpaired) electrons. The van der Waals surface area contributed by atoms with Gasteiger partial charge in [0, 0.05) is 62.2 Å². The van der Waals surface area contributed by atoms with Crippen LogP contribution in [0.3, 0.4) is 0 Å². The second-order valence-electron chi connectivity index (χ2n) is 10.9. The minimum atomic E-state index is -0.391. The van der Waals surface area contributed by atoms with E-state index < -0.39 is 5.82 Å². The number of halogens is 2. The van der Waals surface area contributed by atoms with Gasteiger partial charge in [-0.15, -0.1) is 0 Å². The zero-order valence-corrected chi connectivity index (χ0v) is 23.9. The Bertz CT molecular complexity index is 1740. The van der Waals surface area contributed by atoms with Crippen molar-refractivity contribution in [2.24, 2.45) is 5.92 Å². The number of carbonyl (C=O) groups excluding carboxylic acids is 1. The van der Waals surface area contributed by atoms with Crippen LogP contribution >= 0.6 is 11.3 Å². The molecule has 2 aliphatic heterocycles. The number of amides is 1. The molecule has 0 spiro atoms. The van der Waals surface area contributed by atoms with Gasteiger partial charge in [-0.1, -0.05) is 11.3 Å². The molecule has 2 saturated heterocycles. The molecular weight excluding hydrogens is 558 g/mol. The van der Waals surface area contributed by atoms with E-state index >= 15 is 4.39 Å². The molecule has 11 heteroatoms. The van der Waals surface area contributed by atoms with Gasteiger partial charge < -0.3 is 19.4 Å². The Morgan fingerprint density at radius 2 is 1.90 bits per heavy atom. The van der Waals surface area contributed by atoms with Gasteiger partial charge in [-0.05, 0) is 61.2 Å². The monoisotopic (exact) mass is 586 g/mol. The molecule has 2 aromatic carbocycles. The number of fused-ring (bicyclic) bond motifs is 2. The Balaban J connectivity index is 1.23. The number of anilines is 3.